The zero-order valence-corrected chi connectivity index (χ0v) is 22.2. The first-order valence-corrected chi connectivity index (χ1v) is 13.4. The molecule has 8 heteroatoms. The summed E-state index contributed by atoms with van der Waals surface area (Å²) in [6.45, 7) is 8.13. The van der Waals surface area contributed by atoms with E-state index in [2.05, 4.69) is 64.0 Å². The Labute approximate surface area is 217 Å². The minimum Gasteiger partial charge on any atom is -0.493 e. The second-order valence-corrected chi connectivity index (χ2v) is 11.0. The molecule has 0 radical (unpaired) electrons. The van der Waals surface area contributed by atoms with E-state index < -0.39 is 0 Å². The van der Waals surface area contributed by atoms with Crippen LogP contribution in [-0.4, -0.2) is 75.6 Å². The molecule has 0 saturated carbocycles. The third-order valence-electron chi connectivity index (χ3n) is 8.31. The number of nitrogens with one attached hydrogen (secondary N) is 1. The number of aromatic amines is 1. The van der Waals surface area contributed by atoms with Crippen molar-refractivity contribution in [2.24, 2.45) is 5.92 Å². The highest BCUT2D eigenvalue weighted by Crippen LogP contribution is 2.39. The highest BCUT2D eigenvalue weighted by atomic mass is 16.5. The van der Waals surface area contributed by atoms with E-state index in [0.29, 0.717) is 29.1 Å². The number of nitrogens with zero attached hydrogens (tertiary/aromatic N) is 5. The number of pyridine rings is 1. The molecule has 0 aliphatic carbocycles. The summed E-state index contributed by atoms with van der Waals surface area (Å²) in [4.78, 5) is 25.4. The van der Waals surface area contributed by atoms with Gasteiger partial charge >= 0.3 is 0 Å². The lowest BCUT2D eigenvalue weighted by Gasteiger charge is -2.34. The number of hydrogen-bond donors (Lipinski definition) is 1. The van der Waals surface area contributed by atoms with Crippen molar-refractivity contribution in [2.45, 2.75) is 44.9 Å². The highest BCUT2D eigenvalue weighted by Gasteiger charge is 2.32. The molecule has 1 atom stereocenters. The fraction of sp³-hybridized carbons (Fsp3) is 0.483. The van der Waals surface area contributed by atoms with Crippen molar-refractivity contribution in [1.29, 1.82) is 0 Å². The molecule has 1 amide bonds. The summed E-state index contributed by atoms with van der Waals surface area (Å²) in [5.74, 6) is 2.05. The van der Waals surface area contributed by atoms with Crippen molar-refractivity contribution in [2.75, 3.05) is 40.3 Å². The molecule has 6 rings (SSSR count). The third kappa shape index (κ3) is 4.27. The fourth-order valence-corrected chi connectivity index (χ4v) is 6.32. The van der Waals surface area contributed by atoms with E-state index in [-0.39, 0.29) is 5.92 Å². The lowest BCUT2D eigenvalue weighted by Crippen LogP contribution is -2.42. The van der Waals surface area contributed by atoms with Crippen molar-refractivity contribution >= 4 is 22.5 Å². The Morgan fingerprint density at radius 3 is 2.65 bits per heavy atom. The van der Waals surface area contributed by atoms with Gasteiger partial charge in [-0.2, -0.15) is 5.10 Å². The van der Waals surface area contributed by atoms with E-state index in [0.717, 1.165) is 62.2 Å². The number of amides is 1. The quantitative estimate of drug-likeness (QED) is 0.431. The number of piperidine rings is 1. The van der Waals surface area contributed by atoms with Gasteiger partial charge in [0.05, 0.1) is 18.7 Å². The Bertz CT molecular complexity index is 1450. The van der Waals surface area contributed by atoms with Crippen molar-refractivity contribution in [3.63, 3.8) is 0 Å². The van der Waals surface area contributed by atoms with Crippen LogP contribution in [-0.2, 0) is 4.79 Å². The van der Waals surface area contributed by atoms with Gasteiger partial charge in [0.1, 0.15) is 6.33 Å². The molecule has 2 aliphatic rings. The first-order valence-electron chi connectivity index (χ1n) is 13.4. The summed E-state index contributed by atoms with van der Waals surface area (Å²) in [5, 5.41) is 5.62. The van der Waals surface area contributed by atoms with Gasteiger partial charge in [0.2, 0.25) is 5.91 Å². The first kappa shape index (κ1) is 24.0. The number of aromatic nitrogens is 4. The van der Waals surface area contributed by atoms with Gasteiger partial charge in [-0.25, -0.2) is 9.50 Å². The van der Waals surface area contributed by atoms with Crippen LogP contribution < -0.4 is 4.74 Å². The first-order chi connectivity index (χ1) is 17.9. The van der Waals surface area contributed by atoms with Crippen LogP contribution in [0.3, 0.4) is 0 Å². The number of carbonyl (C=O) groups excluding carboxylic acids is 1. The van der Waals surface area contributed by atoms with Gasteiger partial charge in [0.15, 0.2) is 11.4 Å². The van der Waals surface area contributed by atoms with Gasteiger partial charge < -0.3 is 19.5 Å². The van der Waals surface area contributed by atoms with E-state index >= 15 is 0 Å². The average molecular weight is 501 g/mol. The summed E-state index contributed by atoms with van der Waals surface area (Å²) in [6.07, 6.45) is 6.60. The van der Waals surface area contributed by atoms with Gasteiger partial charge in [-0.1, -0.05) is 19.9 Å². The standard InChI is InChI=1S/C29H36N6O2/c1-18(2)26-23-13-20(19-8-11-34(12-9-19)29(36)21-7-10-33(3)15-21)5-6-24(23)32-27(26)22-14-25(37-4)28-30-17-31-35(28)16-22/h5-6,13-14,16-19,21,32H,7-12,15H2,1-4H3. The number of benzene rings is 1. The van der Waals surface area contributed by atoms with Gasteiger partial charge in [-0.15, -0.1) is 0 Å². The molecule has 37 heavy (non-hydrogen) atoms. The number of methoxy groups -OCH3 is 1. The smallest absolute Gasteiger partial charge is 0.227 e. The lowest BCUT2D eigenvalue weighted by atomic mass is 9.87. The van der Waals surface area contributed by atoms with Crippen LogP contribution in [0.25, 0.3) is 27.8 Å². The number of H-pyrrole nitrogens is 1. The molecule has 1 N–H and O–H groups in total. The Kier molecular flexibility index (Phi) is 6.15. The second kappa shape index (κ2) is 9.49. The molecule has 1 unspecified atom stereocenters. The second-order valence-electron chi connectivity index (χ2n) is 11.0. The van der Waals surface area contributed by atoms with Crippen LogP contribution in [0, 0.1) is 5.92 Å². The monoisotopic (exact) mass is 500 g/mol. The Hall–Kier alpha value is -3.39. The van der Waals surface area contributed by atoms with E-state index in [1.807, 2.05) is 12.3 Å². The molecule has 2 fully saturated rings. The molecule has 4 aromatic rings. The normalized spacial score (nSPS) is 19.5. The molecular weight excluding hydrogens is 464 g/mol. The summed E-state index contributed by atoms with van der Waals surface area (Å²) in [7, 11) is 3.77. The van der Waals surface area contributed by atoms with E-state index in [4.69, 9.17) is 4.74 Å². The van der Waals surface area contributed by atoms with E-state index in [1.165, 1.54) is 16.5 Å². The van der Waals surface area contributed by atoms with Crippen molar-refractivity contribution in [1.82, 2.24) is 29.4 Å². The lowest BCUT2D eigenvalue weighted by molar-refractivity contribution is -0.136. The van der Waals surface area contributed by atoms with Crippen LogP contribution in [0.1, 0.15) is 56.1 Å². The van der Waals surface area contributed by atoms with Crippen LogP contribution in [0.4, 0.5) is 0 Å². The Balaban J connectivity index is 1.28. The maximum absolute atomic E-state index is 13.0. The van der Waals surface area contributed by atoms with Crippen LogP contribution in [0.2, 0.25) is 0 Å². The highest BCUT2D eigenvalue weighted by molar-refractivity contribution is 5.92. The molecule has 1 aromatic carbocycles. The molecule has 8 nitrogen and oxygen atoms in total. The molecule has 2 aliphatic heterocycles. The molecule has 2 saturated heterocycles. The molecule has 3 aromatic heterocycles. The van der Waals surface area contributed by atoms with Gasteiger partial charge in [-0.05, 0) is 74.0 Å². The predicted molar refractivity (Wildman–Crippen MR) is 145 cm³/mol. The van der Waals surface area contributed by atoms with Gasteiger partial charge in [0.25, 0.3) is 0 Å². The number of ether oxygens (including phenoxy) is 1. The largest absolute Gasteiger partial charge is 0.493 e. The molecule has 0 bridgehead atoms. The topological polar surface area (TPSA) is 78.8 Å². The van der Waals surface area contributed by atoms with Gasteiger partial charge in [0, 0.05) is 42.3 Å². The summed E-state index contributed by atoms with van der Waals surface area (Å²) >= 11 is 0. The van der Waals surface area contributed by atoms with E-state index in [9.17, 15) is 4.79 Å². The van der Waals surface area contributed by atoms with Crippen LogP contribution in [0.15, 0.2) is 36.8 Å². The minimum atomic E-state index is 0.181. The van der Waals surface area contributed by atoms with Crippen LogP contribution in [0.5, 0.6) is 5.75 Å². The Morgan fingerprint density at radius 2 is 1.95 bits per heavy atom. The average Bonchev–Trinajstić information content (AvgIpc) is 3.65. The summed E-state index contributed by atoms with van der Waals surface area (Å²) in [5.41, 5.74) is 6.65. The zero-order chi connectivity index (χ0) is 25.7. The SMILES string of the molecule is COc1cc(-c2[nH]c3ccc(C4CCN(C(=O)C5CCN(C)C5)CC4)cc3c2C(C)C)cn2ncnc12. The summed E-state index contributed by atoms with van der Waals surface area (Å²) in [6, 6.07) is 8.90. The zero-order valence-electron chi connectivity index (χ0n) is 22.2. The van der Waals surface area contributed by atoms with E-state index in [1.54, 1.807) is 18.0 Å². The number of rotatable bonds is 5. The number of likely N-dealkylation sites (tertiary alicyclic amines) is 2. The predicted octanol–water partition coefficient (Wildman–Crippen LogP) is 4.67. The van der Waals surface area contributed by atoms with Crippen molar-refractivity contribution in [3.8, 4) is 17.0 Å². The minimum absolute atomic E-state index is 0.181. The van der Waals surface area contributed by atoms with Crippen molar-refractivity contribution < 1.29 is 9.53 Å². The maximum atomic E-state index is 13.0. The molecular formula is C29H36N6O2. The third-order valence-corrected chi connectivity index (χ3v) is 8.31. The number of hydrogen-bond acceptors (Lipinski definition) is 5. The Morgan fingerprint density at radius 1 is 1.14 bits per heavy atom. The number of fused-ring (bicyclic) bond motifs is 2. The van der Waals surface area contributed by atoms with Gasteiger partial charge in [-0.3, -0.25) is 4.79 Å². The van der Waals surface area contributed by atoms with Crippen LogP contribution >= 0.6 is 0 Å². The fourth-order valence-electron chi connectivity index (χ4n) is 6.32. The molecule has 194 valence electrons. The van der Waals surface area contributed by atoms with Crippen molar-refractivity contribution in [3.05, 3.63) is 47.9 Å². The molecule has 0 spiro atoms. The number of carbonyl (C=O) groups is 1. The summed E-state index contributed by atoms with van der Waals surface area (Å²) < 4.78 is 7.39. The molecule has 5 heterocycles. The maximum Gasteiger partial charge on any atom is 0.227 e.